The molecule has 1 unspecified atom stereocenters. The van der Waals surface area contributed by atoms with Gasteiger partial charge in [0.1, 0.15) is 11.4 Å². The van der Waals surface area contributed by atoms with Gasteiger partial charge in [-0.1, -0.05) is 127 Å². The van der Waals surface area contributed by atoms with Crippen molar-refractivity contribution in [3.8, 4) is 16.9 Å². The van der Waals surface area contributed by atoms with Crippen molar-refractivity contribution in [2.75, 3.05) is 6.54 Å². The van der Waals surface area contributed by atoms with Crippen LogP contribution in [0.15, 0.2) is 140 Å². The molecule has 51 heavy (non-hydrogen) atoms. The average Bonchev–Trinajstić information content (AvgIpc) is 3.13. The molecule has 0 heterocycles. The van der Waals surface area contributed by atoms with Gasteiger partial charge in [-0.2, -0.15) is 0 Å². The van der Waals surface area contributed by atoms with E-state index in [1.165, 1.54) is 0 Å². The van der Waals surface area contributed by atoms with Crippen molar-refractivity contribution >= 4 is 17.8 Å². The molecule has 0 fully saturated rings. The van der Waals surface area contributed by atoms with E-state index >= 15 is 0 Å². The molecule has 0 spiro atoms. The van der Waals surface area contributed by atoms with Gasteiger partial charge in [0.2, 0.25) is 11.8 Å². The van der Waals surface area contributed by atoms with Crippen molar-refractivity contribution in [1.82, 2.24) is 10.8 Å². The number of hydroxylamine groups is 1. The standard InChI is InChI=1S/C43H44N2O6/c1-42(2,3)50-40(48)30-34(41(49)44-28-27-31-19-21-32(22-20-31)33-23-25-38(46)26-24-33)29-39(47)45-51-43(35-13-7-4-8-14-35,36-15-9-5-10-16-36)37-17-11-6-12-18-37/h4-26,34,46H,27-30H2,1-3H3,(H,44,49)(H,45,47). The normalized spacial score (nSPS) is 12.1. The van der Waals surface area contributed by atoms with E-state index in [9.17, 15) is 19.5 Å². The number of aromatic hydroxyl groups is 1. The molecule has 5 aromatic rings. The second-order valence-electron chi connectivity index (χ2n) is 13.4. The average molecular weight is 685 g/mol. The molecular formula is C43H44N2O6. The molecule has 2 amide bonds. The minimum atomic E-state index is -1.21. The third-order valence-electron chi connectivity index (χ3n) is 8.36. The zero-order chi connectivity index (χ0) is 36.3. The summed E-state index contributed by atoms with van der Waals surface area (Å²) in [6.45, 7) is 5.57. The number of phenols is 1. The monoisotopic (exact) mass is 684 g/mol. The Morgan fingerprint density at radius 3 is 1.59 bits per heavy atom. The van der Waals surface area contributed by atoms with Crippen LogP contribution < -0.4 is 10.8 Å². The quantitative estimate of drug-likeness (QED) is 0.0635. The largest absolute Gasteiger partial charge is 0.508 e. The molecule has 0 aliphatic heterocycles. The number of nitrogens with one attached hydrogen (secondary N) is 2. The molecule has 0 bridgehead atoms. The topological polar surface area (TPSA) is 114 Å². The minimum absolute atomic E-state index is 0.209. The lowest BCUT2D eigenvalue weighted by Crippen LogP contribution is -2.42. The summed E-state index contributed by atoms with van der Waals surface area (Å²) < 4.78 is 5.52. The summed E-state index contributed by atoms with van der Waals surface area (Å²) >= 11 is 0. The van der Waals surface area contributed by atoms with Gasteiger partial charge in [0.25, 0.3) is 0 Å². The van der Waals surface area contributed by atoms with E-state index in [0.29, 0.717) is 13.0 Å². The number of benzene rings is 5. The molecule has 0 radical (unpaired) electrons. The molecule has 1 atom stereocenters. The first-order chi connectivity index (χ1) is 24.5. The maximum atomic E-state index is 13.6. The van der Waals surface area contributed by atoms with E-state index < -0.39 is 34.9 Å². The second-order valence-corrected chi connectivity index (χ2v) is 13.4. The molecule has 0 saturated carbocycles. The number of rotatable bonds is 14. The van der Waals surface area contributed by atoms with Crippen LogP contribution in [0.4, 0.5) is 0 Å². The summed E-state index contributed by atoms with van der Waals surface area (Å²) in [4.78, 5) is 46.5. The Bertz CT molecular complexity index is 1770. The first-order valence-electron chi connectivity index (χ1n) is 17.0. The first kappa shape index (κ1) is 36.5. The Hall–Kier alpha value is -5.73. The Balaban J connectivity index is 1.30. The molecule has 0 aromatic heterocycles. The van der Waals surface area contributed by atoms with Crippen LogP contribution >= 0.6 is 0 Å². The van der Waals surface area contributed by atoms with Crippen LogP contribution in [-0.2, 0) is 36.0 Å². The predicted molar refractivity (Wildman–Crippen MR) is 197 cm³/mol. The highest BCUT2D eigenvalue weighted by Gasteiger charge is 2.39. The summed E-state index contributed by atoms with van der Waals surface area (Å²) in [7, 11) is 0. The molecule has 262 valence electrons. The van der Waals surface area contributed by atoms with E-state index in [0.717, 1.165) is 33.4 Å². The molecule has 0 aliphatic carbocycles. The van der Waals surface area contributed by atoms with Gasteiger partial charge < -0.3 is 15.2 Å². The lowest BCUT2D eigenvalue weighted by atomic mass is 9.80. The highest BCUT2D eigenvalue weighted by Crippen LogP contribution is 2.39. The van der Waals surface area contributed by atoms with Crippen LogP contribution in [0.3, 0.4) is 0 Å². The molecule has 8 nitrogen and oxygen atoms in total. The zero-order valence-corrected chi connectivity index (χ0v) is 29.2. The van der Waals surface area contributed by atoms with E-state index in [2.05, 4.69) is 10.8 Å². The number of amides is 2. The van der Waals surface area contributed by atoms with Gasteiger partial charge in [-0.05, 0) is 72.7 Å². The van der Waals surface area contributed by atoms with Gasteiger partial charge in [-0.3, -0.25) is 19.2 Å². The summed E-state index contributed by atoms with van der Waals surface area (Å²) in [5.41, 5.74) is 6.05. The Kier molecular flexibility index (Phi) is 12.0. The summed E-state index contributed by atoms with van der Waals surface area (Å²) in [6, 6.07) is 43.7. The number of hydrogen-bond donors (Lipinski definition) is 3. The predicted octanol–water partition coefficient (Wildman–Crippen LogP) is 7.50. The van der Waals surface area contributed by atoms with E-state index in [1.807, 2.05) is 127 Å². The third-order valence-corrected chi connectivity index (χ3v) is 8.36. The second kappa shape index (κ2) is 16.8. The van der Waals surface area contributed by atoms with Crippen LogP contribution in [-0.4, -0.2) is 35.0 Å². The van der Waals surface area contributed by atoms with Crippen LogP contribution in [0.5, 0.6) is 5.75 Å². The number of phenolic OH excluding ortho intramolecular Hbond substituents is 1. The molecular weight excluding hydrogens is 640 g/mol. The fourth-order valence-electron chi connectivity index (χ4n) is 5.93. The van der Waals surface area contributed by atoms with Crippen molar-refractivity contribution in [3.63, 3.8) is 0 Å². The highest BCUT2D eigenvalue weighted by atomic mass is 16.7. The number of carbonyl (C=O) groups excluding carboxylic acids is 3. The zero-order valence-electron chi connectivity index (χ0n) is 29.2. The van der Waals surface area contributed by atoms with Gasteiger partial charge in [0, 0.05) is 13.0 Å². The third kappa shape index (κ3) is 9.93. The fourth-order valence-corrected chi connectivity index (χ4v) is 5.93. The molecule has 5 rings (SSSR count). The van der Waals surface area contributed by atoms with Gasteiger partial charge >= 0.3 is 5.97 Å². The number of esters is 1. The Morgan fingerprint density at radius 2 is 1.12 bits per heavy atom. The molecule has 0 saturated heterocycles. The van der Waals surface area contributed by atoms with Crippen LogP contribution in [0.2, 0.25) is 0 Å². The number of hydrogen-bond acceptors (Lipinski definition) is 6. The van der Waals surface area contributed by atoms with Crippen molar-refractivity contribution < 1.29 is 29.1 Å². The van der Waals surface area contributed by atoms with Gasteiger partial charge in [0.15, 0.2) is 5.60 Å². The van der Waals surface area contributed by atoms with Crippen LogP contribution in [0, 0.1) is 5.92 Å². The van der Waals surface area contributed by atoms with Crippen LogP contribution in [0.1, 0.15) is 55.9 Å². The highest BCUT2D eigenvalue weighted by molar-refractivity contribution is 5.88. The minimum Gasteiger partial charge on any atom is -0.508 e. The summed E-state index contributed by atoms with van der Waals surface area (Å²) in [5.74, 6) is -2.36. The van der Waals surface area contributed by atoms with Gasteiger partial charge in [0.05, 0.1) is 12.3 Å². The van der Waals surface area contributed by atoms with Gasteiger partial charge in [-0.15, -0.1) is 0 Å². The molecule has 0 aliphatic rings. The lowest BCUT2D eigenvalue weighted by Gasteiger charge is -2.35. The van der Waals surface area contributed by atoms with Crippen LogP contribution in [0.25, 0.3) is 11.1 Å². The van der Waals surface area contributed by atoms with Crippen molar-refractivity contribution in [1.29, 1.82) is 0 Å². The lowest BCUT2D eigenvalue weighted by molar-refractivity contribution is -0.158. The first-order valence-corrected chi connectivity index (χ1v) is 17.0. The maximum absolute atomic E-state index is 13.6. The van der Waals surface area contributed by atoms with Crippen molar-refractivity contribution in [3.05, 3.63) is 162 Å². The summed E-state index contributed by atoms with van der Waals surface area (Å²) in [6.07, 6.45) is -0.0380. The Labute approximate surface area is 299 Å². The summed E-state index contributed by atoms with van der Waals surface area (Å²) in [5, 5.41) is 12.5. The van der Waals surface area contributed by atoms with E-state index in [-0.39, 0.29) is 18.6 Å². The van der Waals surface area contributed by atoms with Crippen molar-refractivity contribution in [2.45, 2.75) is 51.2 Å². The molecule has 5 aromatic carbocycles. The molecule has 8 heteroatoms. The maximum Gasteiger partial charge on any atom is 0.307 e. The van der Waals surface area contributed by atoms with E-state index in [4.69, 9.17) is 9.57 Å². The fraction of sp³-hybridized carbons (Fsp3) is 0.233. The number of carbonyl (C=O) groups is 3. The van der Waals surface area contributed by atoms with E-state index in [1.54, 1.807) is 32.9 Å². The van der Waals surface area contributed by atoms with Gasteiger partial charge in [-0.25, -0.2) is 5.48 Å². The molecule has 3 N–H and O–H groups in total. The SMILES string of the molecule is CC(C)(C)OC(=O)CC(CC(=O)NOC(c1ccccc1)(c1ccccc1)c1ccccc1)C(=O)NCCc1ccc(-c2ccc(O)cc2)cc1. The van der Waals surface area contributed by atoms with Crippen molar-refractivity contribution in [2.24, 2.45) is 5.92 Å². The Morgan fingerprint density at radius 1 is 0.647 bits per heavy atom. The smallest absolute Gasteiger partial charge is 0.307 e. The number of ether oxygens (including phenoxy) is 1.